The maximum Gasteiger partial charge on any atom is 0.270 e. The summed E-state index contributed by atoms with van der Waals surface area (Å²) < 4.78 is 3.21. The highest BCUT2D eigenvalue weighted by atomic mass is 16.6. The lowest BCUT2D eigenvalue weighted by atomic mass is 9.99. The molecule has 36 heavy (non-hydrogen) atoms. The number of phenolic OH excluding ortho intramolecular Hbond substituents is 2. The van der Waals surface area contributed by atoms with Crippen molar-refractivity contribution in [2.75, 3.05) is 0 Å². The lowest BCUT2D eigenvalue weighted by molar-refractivity contribution is -0.385. The molecular weight excluding hydrogens is 468 g/mol. The van der Waals surface area contributed by atoms with Crippen molar-refractivity contribution in [1.82, 2.24) is 19.6 Å². The topological polar surface area (TPSA) is 162 Å². The van der Waals surface area contributed by atoms with Gasteiger partial charge in [-0.3, -0.25) is 29.6 Å². The molecule has 0 aliphatic rings. The molecule has 186 valence electrons. The molecule has 0 fully saturated rings. The van der Waals surface area contributed by atoms with Crippen LogP contribution in [0.1, 0.15) is 24.0 Å². The Morgan fingerprint density at radius 1 is 0.750 bits per heavy atom. The molecule has 0 atom stereocenters. The smallest absolute Gasteiger partial charge is 0.270 e. The third-order valence-corrected chi connectivity index (χ3v) is 5.84. The van der Waals surface area contributed by atoms with Crippen LogP contribution in [0.4, 0.5) is 11.4 Å². The molecule has 0 radical (unpaired) electrons. The molecule has 0 spiro atoms. The Morgan fingerprint density at radius 3 is 1.50 bits per heavy atom. The molecule has 0 aliphatic carbocycles. The molecule has 12 nitrogen and oxygen atoms in total. The molecule has 2 aromatic carbocycles. The predicted octanol–water partition coefficient (Wildman–Crippen LogP) is 4.28. The summed E-state index contributed by atoms with van der Waals surface area (Å²) in [6.07, 6.45) is 6.35. The Bertz CT molecular complexity index is 1350. The van der Waals surface area contributed by atoms with Crippen LogP contribution in [0.5, 0.6) is 11.5 Å². The van der Waals surface area contributed by atoms with E-state index < -0.39 is 9.85 Å². The van der Waals surface area contributed by atoms with E-state index in [1.807, 2.05) is 12.4 Å². The second kappa shape index (κ2) is 9.86. The molecule has 0 bridgehead atoms. The zero-order valence-electron chi connectivity index (χ0n) is 19.7. The highest BCUT2D eigenvalue weighted by Crippen LogP contribution is 2.36. The van der Waals surface area contributed by atoms with Gasteiger partial charge in [-0.15, -0.1) is 0 Å². The van der Waals surface area contributed by atoms with Gasteiger partial charge in [-0.2, -0.15) is 10.2 Å². The van der Waals surface area contributed by atoms with Crippen molar-refractivity contribution < 1.29 is 20.1 Å². The number of non-ortho nitro benzene ring substituents is 2. The van der Waals surface area contributed by atoms with Gasteiger partial charge in [-0.25, -0.2) is 0 Å². The van der Waals surface area contributed by atoms with Crippen LogP contribution in [0.25, 0.3) is 22.5 Å². The molecule has 4 aromatic rings. The summed E-state index contributed by atoms with van der Waals surface area (Å²) in [5, 5.41) is 51.8. The van der Waals surface area contributed by atoms with Gasteiger partial charge >= 0.3 is 0 Å². The lowest BCUT2D eigenvalue weighted by Gasteiger charge is -2.07. The minimum absolute atomic E-state index is 0.0858. The van der Waals surface area contributed by atoms with Crippen LogP contribution < -0.4 is 0 Å². The number of benzene rings is 2. The van der Waals surface area contributed by atoms with E-state index in [0.717, 1.165) is 24.0 Å². The van der Waals surface area contributed by atoms with Crippen molar-refractivity contribution in [1.29, 1.82) is 0 Å². The number of hydrogen-bond donors (Lipinski definition) is 2. The fraction of sp³-hybridized carbons (Fsp3) is 0.250. The first-order chi connectivity index (χ1) is 17.1. The molecule has 0 amide bonds. The molecule has 2 N–H and O–H groups in total. The second-order valence-corrected chi connectivity index (χ2v) is 8.48. The summed E-state index contributed by atoms with van der Waals surface area (Å²) in [4.78, 5) is 21.3. The minimum atomic E-state index is -0.518. The normalized spacial score (nSPS) is 11.1. The molecule has 0 saturated carbocycles. The van der Waals surface area contributed by atoms with Gasteiger partial charge in [0.1, 0.15) is 11.5 Å². The average molecular weight is 492 g/mol. The maximum atomic E-state index is 11.2. The molecule has 0 saturated heterocycles. The zero-order valence-corrected chi connectivity index (χ0v) is 19.7. The monoisotopic (exact) mass is 492 g/mol. The van der Waals surface area contributed by atoms with E-state index in [9.17, 15) is 30.4 Å². The molecule has 12 heteroatoms. The number of aromatic nitrogens is 4. The van der Waals surface area contributed by atoms with E-state index in [0.29, 0.717) is 35.4 Å². The van der Waals surface area contributed by atoms with Gasteiger partial charge in [0, 0.05) is 50.8 Å². The van der Waals surface area contributed by atoms with Gasteiger partial charge in [-0.1, -0.05) is 0 Å². The van der Waals surface area contributed by atoms with Crippen molar-refractivity contribution in [3.63, 3.8) is 0 Å². The van der Waals surface area contributed by atoms with Gasteiger partial charge in [0.25, 0.3) is 11.4 Å². The molecular formula is C24H24N6O6. The Morgan fingerprint density at radius 2 is 1.14 bits per heavy atom. The largest absolute Gasteiger partial charge is 0.507 e. The SMILES string of the molecule is Cn1cc(CCCCc2cn(C)nc2-c2cc([N+](=O)[O-])ccc2O)c(-c2cc([N+](=O)[O-])ccc2O)n1. The molecule has 2 aromatic heterocycles. The summed E-state index contributed by atoms with van der Waals surface area (Å²) in [7, 11) is 3.49. The molecule has 4 rings (SSSR count). The van der Waals surface area contributed by atoms with Crippen LogP contribution >= 0.6 is 0 Å². The van der Waals surface area contributed by atoms with E-state index in [4.69, 9.17) is 0 Å². The predicted molar refractivity (Wildman–Crippen MR) is 131 cm³/mol. The standard InChI is InChI=1S/C24H24N6O6/c1-27-13-15(23(25-27)19-11-17(29(33)34)7-9-21(19)31)5-3-4-6-16-14-28(2)26-24(16)20-12-18(30(35)36)8-10-22(20)32/h7-14,31-32H,3-6H2,1-2H3. The third-order valence-electron chi connectivity index (χ3n) is 5.84. The number of hydrogen-bond acceptors (Lipinski definition) is 8. The summed E-state index contributed by atoms with van der Waals surface area (Å²) in [6, 6.07) is 7.69. The van der Waals surface area contributed by atoms with Crippen LogP contribution in [0.3, 0.4) is 0 Å². The Balaban J connectivity index is 1.50. The number of rotatable bonds is 9. The van der Waals surface area contributed by atoms with Gasteiger partial charge in [0.2, 0.25) is 0 Å². The van der Waals surface area contributed by atoms with Crippen molar-refractivity contribution in [2.45, 2.75) is 25.7 Å². The van der Waals surface area contributed by atoms with Crippen molar-refractivity contribution in [3.05, 3.63) is 80.1 Å². The number of unbranched alkanes of at least 4 members (excludes halogenated alkanes) is 1. The van der Waals surface area contributed by atoms with Gasteiger partial charge < -0.3 is 10.2 Å². The molecule has 2 heterocycles. The first-order valence-corrected chi connectivity index (χ1v) is 11.1. The number of phenols is 2. The van der Waals surface area contributed by atoms with Crippen LogP contribution in [0, 0.1) is 20.2 Å². The lowest BCUT2D eigenvalue weighted by Crippen LogP contribution is -1.94. The summed E-state index contributed by atoms with van der Waals surface area (Å²) >= 11 is 0. The van der Waals surface area contributed by atoms with Crippen molar-refractivity contribution >= 4 is 11.4 Å². The van der Waals surface area contributed by atoms with E-state index in [2.05, 4.69) is 10.2 Å². The third kappa shape index (κ3) is 5.02. The minimum Gasteiger partial charge on any atom is -0.507 e. The maximum absolute atomic E-state index is 11.2. The van der Waals surface area contributed by atoms with Gasteiger partial charge in [0.15, 0.2) is 0 Å². The van der Waals surface area contributed by atoms with Gasteiger partial charge in [0.05, 0.1) is 32.4 Å². The van der Waals surface area contributed by atoms with E-state index >= 15 is 0 Å². The molecule has 0 aliphatic heterocycles. The van der Waals surface area contributed by atoms with E-state index in [-0.39, 0.29) is 22.9 Å². The number of nitro groups is 2. The number of nitro benzene ring substituents is 2. The van der Waals surface area contributed by atoms with Crippen molar-refractivity contribution in [3.8, 4) is 34.0 Å². The summed E-state index contributed by atoms with van der Waals surface area (Å²) in [6.45, 7) is 0. The van der Waals surface area contributed by atoms with Crippen LogP contribution in [-0.4, -0.2) is 39.6 Å². The first kappa shape index (κ1) is 24.4. The Labute approximate surface area is 205 Å². The van der Waals surface area contributed by atoms with Crippen LogP contribution in [0.2, 0.25) is 0 Å². The summed E-state index contributed by atoms with van der Waals surface area (Å²) in [5.74, 6) is -0.172. The van der Waals surface area contributed by atoms with Crippen molar-refractivity contribution in [2.24, 2.45) is 14.1 Å². The second-order valence-electron chi connectivity index (χ2n) is 8.48. The number of aryl methyl sites for hydroxylation is 4. The molecule has 0 unspecified atom stereocenters. The number of nitrogens with zero attached hydrogens (tertiary/aromatic N) is 6. The Hall–Kier alpha value is -4.74. The zero-order chi connectivity index (χ0) is 26.0. The van der Waals surface area contributed by atoms with E-state index in [1.54, 1.807) is 23.5 Å². The van der Waals surface area contributed by atoms with Crippen LogP contribution in [-0.2, 0) is 26.9 Å². The number of aromatic hydroxyl groups is 2. The highest BCUT2D eigenvalue weighted by molar-refractivity contribution is 5.73. The van der Waals surface area contributed by atoms with Crippen LogP contribution in [0.15, 0.2) is 48.8 Å². The summed E-state index contributed by atoms with van der Waals surface area (Å²) in [5.41, 5.74) is 3.00. The average Bonchev–Trinajstić information content (AvgIpc) is 3.38. The van der Waals surface area contributed by atoms with E-state index in [1.165, 1.54) is 36.4 Å². The quantitative estimate of drug-likeness (QED) is 0.199. The van der Waals surface area contributed by atoms with Gasteiger partial charge in [-0.05, 0) is 48.9 Å². The highest BCUT2D eigenvalue weighted by Gasteiger charge is 2.19. The first-order valence-electron chi connectivity index (χ1n) is 11.1. The fourth-order valence-electron chi connectivity index (χ4n) is 4.18. The Kier molecular flexibility index (Phi) is 6.68. The fourth-order valence-corrected chi connectivity index (χ4v) is 4.18.